The van der Waals surface area contributed by atoms with E-state index in [1.807, 2.05) is 12.3 Å². The Morgan fingerprint density at radius 2 is 2.07 bits per heavy atom. The smallest absolute Gasteiger partial charge is 0.387 e. The highest BCUT2D eigenvalue weighted by molar-refractivity contribution is 7.13. The number of aromatic nitrogens is 1. The molecule has 0 spiro atoms. The van der Waals surface area contributed by atoms with Crippen molar-refractivity contribution < 1.29 is 28.2 Å². The number of anilines is 2. The van der Waals surface area contributed by atoms with Crippen LogP contribution in [0.15, 0.2) is 23.6 Å². The van der Waals surface area contributed by atoms with Gasteiger partial charge in [-0.1, -0.05) is 0 Å². The summed E-state index contributed by atoms with van der Waals surface area (Å²) in [6, 6.07) is 3.57. The average Bonchev–Trinajstić information content (AvgIpc) is 3.09. The van der Waals surface area contributed by atoms with Crippen molar-refractivity contribution in [2.75, 3.05) is 23.3 Å². The van der Waals surface area contributed by atoms with E-state index < -0.39 is 23.9 Å². The molecule has 2 heterocycles. The number of hydrogen-bond acceptors (Lipinski definition) is 6. The number of aryl methyl sites for hydroxylation is 1. The Morgan fingerprint density at radius 3 is 2.64 bits per heavy atom. The van der Waals surface area contributed by atoms with Crippen molar-refractivity contribution in [3.05, 3.63) is 34.8 Å². The highest BCUT2D eigenvalue weighted by Crippen LogP contribution is 2.28. The number of carbonyl (C=O) groups is 2. The zero-order chi connectivity index (χ0) is 20.3. The van der Waals surface area contributed by atoms with Crippen molar-refractivity contribution in [1.29, 1.82) is 0 Å². The highest BCUT2D eigenvalue weighted by atomic mass is 32.1. The van der Waals surface area contributed by atoms with Crippen LogP contribution in [0.2, 0.25) is 0 Å². The first-order chi connectivity index (χ1) is 13.3. The molecular weight excluding hydrogens is 392 g/mol. The number of piperidine rings is 1. The Balaban J connectivity index is 1.62. The number of halogens is 2. The molecule has 0 radical (unpaired) electrons. The number of nitrogens with zero attached hydrogens (tertiary/aromatic N) is 2. The lowest BCUT2D eigenvalue weighted by molar-refractivity contribution is -0.120. The standard InChI is InChI=1S/C18H19F2N3O4S/c1-10-9-28-18(21-10)23-6-4-11(5-7-23)15(24)22-12-2-3-14(27-17(19)20)13(8-12)16(25)26/h2-3,8-9,11,17H,4-7H2,1H3,(H,22,24)(H,25,26). The summed E-state index contributed by atoms with van der Waals surface area (Å²) in [5.41, 5.74) is 0.752. The van der Waals surface area contributed by atoms with Gasteiger partial charge >= 0.3 is 12.6 Å². The molecule has 2 N–H and O–H groups in total. The number of rotatable bonds is 6. The number of aromatic carboxylic acids is 1. The Hall–Kier alpha value is -2.75. The molecule has 1 aliphatic rings. The zero-order valence-electron chi connectivity index (χ0n) is 15.0. The van der Waals surface area contributed by atoms with Gasteiger partial charge in [0.05, 0.1) is 5.69 Å². The van der Waals surface area contributed by atoms with Crippen molar-refractivity contribution >= 4 is 34.0 Å². The van der Waals surface area contributed by atoms with Gasteiger partial charge in [0, 0.05) is 30.1 Å². The maximum Gasteiger partial charge on any atom is 0.387 e. The summed E-state index contributed by atoms with van der Waals surface area (Å²) in [5, 5.41) is 14.8. The van der Waals surface area contributed by atoms with Crippen molar-refractivity contribution in [2.24, 2.45) is 5.92 Å². The molecule has 1 fully saturated rings. The van der Waals surface area contributed by atoms with Gasteiger partial charge in [0.25, 0.3) is 0 Å². The summed E-state index contributed by atoms with van der Waals surface area (Å²) in [4.78, 5) is 30.4. The second kappa shape index (κ2) is 8.51. The summed E-state index contributed by atoms with van der Waals surface area (Å²) >= 11 is 1.57. The van der Waals surface area contributed by atoms with Crippen LogP contribution in [0.4, 0.5) is 19.6 Å². The van der Waals surface area contributed by atoms with Gasteiger partial charge in [-0.2, -0.15) is 8.78 Å². The first-order valence-corrected chi connectivity index (χ1v) is 9.51. The first-order valence-electron chi connectivity index (χ1n) is 8.63. The lowest BCUT2D eigenvalue weighted by atomic mass is 9.96. The van der Waals surface area contributed by atoms with Gasteiger partial charge in [0.15, 0.2) is 5.13 Å². The van der Waals surface area contributed by atoms with Crippen LogP contribution in [0, 0.1) is 12.8 Å². The number of amides is 1. The monoisotopic (exact) mass is 411 g/mol. The summed E-state index contributed by atoms with van der Waals surface area (Å²) in [6.45, 7) is 0.202. The molecule has 0 bridgehead atoms. The van der Waals surface area contributed by atoms with Gasteiger partial charge in [-0.15, -0.1) is 11.3 Å². The summed E-state index contributed by atoms with van der Waals surface area (Å²) in [6.07, 6.45) is 1.28. The van der Waals surface area contributed by atoms with Gasteiger partial charge in [0.1, 0.15) is 11.3 Å². The second-order valence-electron chi connectivity index (χ2n) is 6.42. The van der Waals surface area contributed by atoms with Gasteiger partial charge in [-0.05, 0) is 38.0 Å². The van der Waals surface area contributed by atoms with E-state index in [1.54, 1.807) is 11.3 Å². The topological polar surface area (TPSA) is 91.8 Å². The maximum absolute atomic E-state index is 12.5. The van der Waals surface area contributed by atoms with E-state index in [-0.39, 0.29) is 17.5 Å². The summed E-state index contributed by atoms with van der Waals surface area (Å²) in [7, 11) is 0. The van der Waals surface area contributed by atoms with E-state index in [2.05, 4.69) is 19.9 Å². The molecule has 150 valence electrons. The molecule has 1 saturated heterocycles. The number of nitrogens with one attached hydrogen (secondary N) is 1. The Labute approximate surface area is 163 Å². The fourth-order valence-corrected chi connectivity index (χ4v) is 3.89. The molecule has 1 amide bonds. The number of benzene rings is 1. The lowest BCUT2D eigenvalue weighted by Gasteiger charge is -2.31. The summed E-state index contributed by atoms with van der Waals surface area (Å²) < 4.78 is 29.0. The Morgan fingerprint density at radius 1 is 1.36 bits per heavy atom. The molecule has 3 rings (SSSR count). The van der Waals surface area contributed by atoms with E-state index >= 15 is 0 Å². The van der Waals surface area contributed by atoms with Crippen molar-refractivity contribution in [3.63, 3.8) is 0 Å². The number of hydrogen-bond donors (Lipinski definition) is 2. The molecule has 2 aromatic rings. The zero-order valence-corrected chi connectivity index (χ0v) is 15.8. The van der Waals surface area contributed by atoms with E-state index in [1.165, 1.54) is 6.07 Å². The molecule has 1 aliphatic heterocycles. The molecule has 0 saturated carbocycles. The van der Waals surface area contributed by atoms with Gasteiger partial charge in [-0.25, -0.2) is 9.78 Å². The Kier molecular flexibility index (Phi) is 6.08. The van der Waals surface area contributed by atoms with Crippen LogP contribution in [0.3, 0.4) is 0 Å². The molecule has 0 unspecified atom stereocenters. The normalized spacial score (nSPS) is 14.9. The fraction of sp³-hybridized carbons (Fsp3) is 0.389. The lowest BCUT2D eigenvalue weighted by Crippen LogP contribution is -2.38. The fourth-order valence-electron chi connectivity index (χ4n) is 3.04. The van der Waals surface area contributed by atoms with Crippen LogP contribution < -0.4 is 15.0 Å². The van der Waals surface area contributed by atoms with Crippen LogP contribution in [0.5, 0.6) is 5.75 Å². The first kappa shape index (κ1) is 20.0. The van der Waals surface area contributed by atoms with Gasteiger partial charge in [-0.3, -0.25) is 4.79 Å². The van der Waals surface area contributed by atoms with Crippen molar-refractivity contribution in [3.8, 4) is 5.75 Å². The maximum atomic E-state index is 12.5. The van der Waals surface area contributed by atoms with E-state index in [9.17, 15) is 23.5 Å². The third-order valence-corrected chi connectivity index (χ3v) is 5.46. The number of carbonyl (C=O) groups excluding carboxylic acids is 1. The second-order valence-corrected chi connectivity index (χ2v) is 7.25. The third-order valence-electron chi connectivity index (χ3n) is 4.44. The van der Waals surface area contributed by atoms with E-state index in [0.29, 0.717) is 25.9 Å². The van der Waals surface area contributed by atoms with Crippen LogP contribution in [0.1, 0.15) is 28.9 Å². The molecule has 28 heavy (non-hydrogen) atoms. The van der Waals surface area contributed by atoms with Gasteiger partial charge < -0.3 is 20.1 Å². The van der Waals surface area contributed by atoms with Crippen LogP contribution in [-0.2, 0) is 4.79 Å². The summed E-state index contributed by atoms with van der Waals surface area (Å²) in [5.74, 6) is -2.32. The number of carboxylic acids is 1. The predicted octanol–water partition coefficient (Wildman–Crippen LogP) is 3.61. The SMILES string of the molecule is Cc1csc(N2CCC(C(=O)Nc3ccc(OC(F)F)c(C(=O)O)c3)CC2)n1. The van der Waals surface area contributed by atoms with Crippen LogP contribution in [-0.4, -0.2) is 41.7 Å². The minimum absolute atomic E-state index is 0.220. The van der Waals surface area contributed by atoms with Crippen molar-refractivity contribution in [2.45, 2.75) is 26.4 Å². The number of alkyl halides is 2. The predicted molar refractivity (Wildman–Crippen MR) is 100 cm³/mol. The van der Waals surface area contributed by atoms with Crippen molar-refractivity contribution in [1.82, 2.24) is 4.98 Å². The third kappa shape index (κ3) is 4.75. The molecule has 10 heteroatoms. The number of carboxylic acid groups (broad SMARTS) is 1. The number of thiazole rings is 1. The average molecular weight is 411 g/mol. The van der Waals surface area contributed by atoms with Gasteiger partial charge in [0.2, 0.25) is 5.91 Å². The molecule has 1 aromatic heterocycles. The quantitative estimate of drug-likeness (QED) is 0.755. The largest absolute Gasteiger partial charge is 0.478 e. The molecule has 0 aliphatic carbocycles. The minimum atomic E-state index is -3.13. The minimum Gasteiger partial charge on any atom is -0.478 e. The molecule has 7 nitrogen and oxygen atoms in total. The number of ether oxygens (including phenoxy) is 1. The van der Waals surface area contributed by atoms with Crippen LogP contribution >= 0.6 is 11.3 Å². The molecule has 0 atom stereocenters. The van der Waals surface area contributed by atoms with E-state index in [0.717, 1.165) is 23.0 Å². The highest BCUT2D eigenvalue weighted by Gasteiger charge is 2.26. The Bertz CT molecular complexity index is 866. The van der Waals surface area contributed by atoms with Crippen LogP contribution in [0.25, 0.3) is 0 Å². The molecule has 1 aromatic carbocycles. The molecular formula is C18H19F2N3O4S. The van der Waals surface area contributed by atoms with E-state index in [4.69, 9.17) is 0 Å².